The fraction of sp³-hybridized carbons (Fsp3) is 0.667. The Hall–Kier alpha value is -2.04. The number of hydrogen-bond acceptors (Lipinski definition) is 5. The zero-order valence-corrected chi connectivity index (χ0v) is 21.6. The summed E-state index contributed by atoms with van der Waals surface area (Å²) in [5.74, 6) is 5.97. The monoisotopic (exact) mass is 451 g/mol. The lowest BCUT2D eigenvalue weighted by Crippen LogP contribution is -2.47. The predicted octanol–water partition coefficient (Wildman–Crippen LogP) is 6.37. The molecule has 7 heteroatoms. The van der Waals surface area contributed by atoms with Crippen LogP contribution in [-0.4, -0.2) is 37.6 Å². The number of aromatic nitrogens is 1. The maximum absolute atomic E-state index is 12.2. The van der Waals surface area contributed by atoms with Crippen LogP contribution in [0.15, 0.2) is 12.3 Å². The van der Waals surface area contributed by atoms with Gasteiger partial charge in [-0.05, 0) is 71.2 Å². The molecule has 0 fully saturated rings. The molecule has 0 aliphatic rings. The standard InChI is InChI=1S/C24H40N2O4Si/c1-22(2,3)29-21(27)26-19-16-18(25-17-20(19)28-9)14-12-13-15-24(7,8)30-31(10,11)23(4,5)6/h16-17H,13,15H2,1-11H3,(H,25,26,27)/i9D3. The largest absolute Gasteiger partial charge is 0.493 e. The van der Waals surface area contributed by atoms with Crippen molar-refractivity contribution in [2.24, 2.45) is 0 Å². The van der Waals surface area contributed by atoms with Gasteiger partial charge in [0.2, 0.25) is 0 Å². The summed E-state index contributed by atoms with van der Waals surface area (Å²) in [6.07, 6.45) is 1.83. The third-order valence-corrected chi connectivity index (χ3v) is 9.69. The van der Waals surface area contributed by atoms with Gasteiger partial charge in [0.05, 0.1) is 28.6 Å². The Bertz CT molecular complexity index is 921. The number of ether oxygens (including phenoxy) is 2. The highest BCUT2D eigenvalue weighted by Crippen LogP contribution is 2.39. The van der Waals surface area contributed by atoms with Gasteiger partial charge >= 0.3 is 6.09 Å². The Kier molecular flexibility index (Phi) is 7.19. The Balaban J connectivity index is 2.99. The van der Waals surface area contributed by atoms with E-state index in [1.807, 2.05) is 0 Å². The first-order valence-electron chi connectivity index (χ1n) is 12.0. The van der Waals surface area contributed by atoms with Crippen molar-refractivity contribution in [3.05, 3.63) is 18.0 Å². The molecule has 174 valence electrons. The number of pyridine rings is 1. The molecular weight excluding hydrogens is 408 g/mol. The second kappa shape index (κ2) is 10.1. The average molecular weight is 452 g/mol. The molecule has 0 radical (unpaired) electrons. The van der Waals surface area contributed by atoms with Crippen LogP contribution in [0, 0.1) is 11.8 Å². The van der Waals surface area contributed by atoms with E-state index in [-0.39, 0.29) is 22.1 Å². The van der Waals surface area contributed by atoms with Crippen LogP contribution >= 0.6 is 0 Å². The summed E-state index contributed by atoms with van der Waals surface area (Å²) in [4.78, 5) is 16.4. The van der Waals surface area contributed by atoms with Crippen molar-refractivity contribution in [1.82, 2.24) is 4.98 Å². The lowest BCUT2D eigenvalue weighted by atomic mass is 10.0. The molecule has 0 bridgehead atoms. The molecule has 0 atom stereocenters. The molecule has 1 N–H and O–H groups in total. The van der Waals surface area contributed by atoms with Crippen molar-refractivity contribution in [1.29, 1.82) is 0 Å². The lowest BCUT2D eigenvalue weighted by Gasteiger charge is -2.42. The zero-order chi connectivity index (χ0) is 26.6. The number of nitrogens with one attached hydrogen (secondary N) is 1. The van der Waals surface area contributed by atoms with Gasteiger partial charge in [0, 0.05) is 6.42 Å². The number of rotatable bonds is 6. The summed E-state index contributed by atoms with van der Waals surface area (Å²) in [6.45, 7) is 20.4. The van der Waals surface area contributed by atoms with E-state index < -0.39 is 27.0 Å². The molecule has 0 saturated carbocycles. The third kappa shape index (κ3) is 9.32. The molecule has 6 nitrogen and oxygen atoms in total. The summed E-state index contributed by atoms with van der Waals surface area (Å²) in [5, 5.41) is 2.65. The molecule has 1 amide bonds. The van der Waals surface area contributed by atoms with Gasteiger partial charge in [0.15, 0.2) is 14.1 Å². The Morgan fingerprint density at radius 1 is 1.19 bits per heavy atom. The highest BCUT2D eigenvalue weighted by atomic mass is 28.4. The minimum absolute atomic E-state index is 0.0969. The Labute approximate surface area is 193 Å². The molecule has 0 spiro atoms. The van der Waals surface area contributed by atoms with E-state index in [4.69, 9.17) is 18.0 Å². The maximum atomic E-state index is 12.2. The highest BCUT2D eigenvalue weighted by molar-refractivity contribution is 6.74. The van der Waals surface area contributed by atoms with Crippen molar-refractivity contribution in [2.75, 3.05) is 12.4 Å². The van der Waals surface area contributed by atoms with E-state index in [1.165, 1.54) is 12.3 Å². The molecule has 0 aromatic carbocycles. The molecule has 0 saturated heterocycles. The van der Waals surface area contributed by atoms with Gasteiger partial charge in [-0.25, -0.2) is 9.78 Å². The predicted molar refractivity (Wildman–Crippen MR) is 129 cm³/mol. The van der Waals surface area contributed by atoms with Gasteiger partial charge in [-0.1, -0.05) is 26.7 Å². The summed E-state index contributed by atoms with van der Waals surface area (Å²) in [6, 6.07) is 1.47. The second-order valence-corrected chi connectivity index (χ2v) is 15.4. The van der Waals surface area contributed by atoms with Crippen molar-refractivity contribution in [2.45, 2.75) is 97.6 Å². The van der Waals surface area contributed by atoms with Crippen LogP contribution in [0.2, 0.25) is 18.1 Å². The number of nitrogens with zero attached hydrogens (tertiary/aromatic N) is 1. The minimum atomic E-state index is -2.70. The van der Waals surface area contributed by atoms with E-state index in [0.717, 1.165) is 6.42 Å². The highest BCUT2D eigenvalue weighted by Gasteiger charge is 2.41. The van der Waals surface area contributed by atoms with Gasteiger partial charge in [0.1, 0.15) is 11.3 Å². The average Bonchev–Trinajstić information content (AvgIpc) is 2.56. The summed E-state index contributed by atoms with van der Waals surface area (Å²) in [7, 11) is -4.60. The van der Waals surface area contributed by atoms with E-state index in [1.54, 1.807) is 20.8 Å². The van der Waals surface area contributed by atoms with Crippen LogP contribution in [0.5, 0.6) is 5.75 Å². The molecule has 0 aliphatic heterocycles. The SMILES string of the molecule is [2H]C([2H])([2H])Oc1cnc(C#CCCC(C)(C)O[Si](C)(C)C(C)(C)C)cc1NC(=O)OC(C)(C)C. The van der Waals surface area contributed by atoms with Gasteiger partial charge in [0.25, 0.3) is 0 Å². The number of hydrogen-bond donors (Lipinski definition) is 1. The van der Waals surface area contributed by atoms with Crippen LogP contribution in [-0.2, 0) is 9.16 Å². The molecule has 1 aromatic heterocycles. The second-order valence-electron chi connectivity index (χ2n) is 10.7. The summed E-state index contributed by atoms with van der Waals surface area (Å²) in [5.41, 5.74) is -0.547. The van der Waals surface area contributed by atoms with Crippen LogP contribution in [0.25, 0.3) is 0 Å². The Morgan fingerprint density at radius 2 is 1.84 bits per heavy atom. The Morgan fingerprint density at radius 3 is 2.39 bits per heavy atom. The summed E-state index contributed by atoms with van der Waals surface area (Å²) >= 11 is 0. The molecule has 1 heterocycles. The zero-order valence-electron chi connectivity index (χ0n) is 23.6. The first kappa shape index (κ1) is 22.2. The van der Waals surface area contributed by atoms with Crippen LogP contribution in [0.1, 0.15) is 78.0 Å². The quantitative estimate of drug-likeness (QED) is 0.402. The third-order valence-electron chi connectivity index (χ3n) is 5.02. The van der Waals surface area contributed by atoms with Crippen molar-refractivity contribution in [3.63, 3.8) is 0 Å². The number of anilines is 1. The normalized spacial score (nSPS) is 14.5. The van der Waals surface area contributed by atoms with E-state index in [0.29, 0.717) is 12.1 Å². The van der Waals surface area contributed by atoms with Gasteiger partial charge < -0.3 is 13.9 Å². The molecule has 1 rings (SSSR count). The lowest BCUT2D eigenvalue weighted by molar-refractivity contribution is 0.0635. The number of carbonyl (C=O) groups excluding carboxylic acids is 1. The van der Waals surface area contributed by atoms with Gasteiger partial charge in [-0.15, -0.1) is 0 Å². The maximum Gasteiger partial charge on any atom is 0.412 e. The fourth-order valence-electron chi connectivity index (χ4n) is 2.52. The molecule has 31 heavy (non-hydrogen) atoms. The van der Waals surface area contributed by atoms with Gasteiger partial charge in [-0.2, -0.15) is 0 Å². The summed E-state index contributed by atoms with van der Waals surface area (Å²) < 4.78 is 38.8. The minimum Gasteiger partial charge on any atom is -0.493 e. The van der Waals surface area contributed by atoms with Crippen molar-refractivity contribution < 1.29 is 22.8 Å². The number of methoxy groups -OCH3 is 1. The first-order chi connectivity index (χ1) is 15.1. The molecule has 0 aliphatic carbocycles. The van der Waals surface area contributed by atoms with Gasteiger partial charge in [-0.3, -0.25) is 5.32 Å². The van der Waals surface area contributed by atoms with Crippen LogP contribution in [0.4, 0.5) is 10.5 Å². The smallest absolute Gasteiger partial charge is 0.412 e. The molecular formula is C24H40N2O4Si. The number of carbonyl (C=O) groups is 1. The molecule has 1 aromatic rings. The van der Waals surface area contributed by atoms with Crippen LogP contribution in [0.3, 0.4) is 0 Å². The molecule has 0 unspecified atom stereocenters. The van der Waals surface area contributed by atoms with E-state index in [9.17, 15) is 4.79 Å². The van der Waals surface area contributed by atoms with Crippen molar-refractivity contribution >= 4 is 20.1 Å². The first-order valence-corrected chi connectivity index (χ1v) is 13.4. The van der Waals surface area contributed by atoms with E-state index >= 15 is 0 Å². The topological polar surface area (TPSA) is 69.7 Å². The number of amides is 1. The fourth-order valence-corrected chi connectivity index (χ4v) is 4.30. The van der Waals surface area contributed by atoms with Crippen LogP contribution < -0.4 is 10.1 Å². The van der Waals surface area contributed by atoms with E-state index in [2.05, 4.69) is 69.9 Å². The van der Waals surface area contributed by atoms with Crippen molar-refractivity contribution in [3.8, 4) is 17.6 Å².